The minimum Gasteiger partial charge on any atom is -0.461 e. The van der Waals surface area contributed by atoms with Crippen LogP contribution in [0.25, 0.3) is 0 Å². The van der Waals surface area contributed by atoms with Crippen molar-refractivity contribution in [1.29, 1.82) is 0 Å². The van der Waals surface area contributed by atoms with E-state index >= 15 is 0 Å². The second kappa shape index (κ2) is 6.37. The largest absolute Gasteiger partial charge is 0.573 e. The van der Waals surface area contributed by atoms with Crippen LogP contribution in [0.1, 0.15) is 23.0 Å². The summed E-state index contributed by atoms with van der Waals surface area (Å²) >= 11 is 1.76. The Morgan fingerprint density at radius 2 is 2.16 bits per heavy atom. The standard InChI is InChI=1S/C10H10F3IN2O3/c1-2-18-9(17)7-8(19-10(11,12)13)5(3-15)6(14)4-16-7/h4H,2-3,15H2,1H3. The van der Waals surface area contributed by atoms with Crippen molar-refractivity contribution < 1.29 is 27.4 Å². The van der Waals surface area contributed by atoms with Crippen molar-refractivity contribution in [2.24, 2.45) is 5.73 Å². The Morgan fingerprint density at radius 3 is 2.63 bits per heavy atom. The third kappa shape index (κ3) is 4.20. The molecule has 106 valence electrons. The van der Waals surface area contributed by atoms with Gasteiger partial charge in [-0.25, -0.2) is 9.78 Å². The zero-order valence-corrected chi connectivity index (χ0v) is 11.9. The molecule has 1 aromatic heterocycles. The number of rotatable bonds is 4. The van der Waals surface area contributed by atoms with Gasteiger partial charge in [-0.1, -0.05) is 0 Å². The van der Waals surface area contributed by atoms with Crippen molar-refractivity contribution in [2.45, 2.75) is 19.8 Å². The topological polar surface area (TPSA) is 74.4 Å². The lowest BCUT2D eigenvalue weighted by molar-refractivity contribution is -0.275. The maximum absolute atomic E-state index is 12.4. The van der Waals surface area contributed by atoms with Crippen LogP contribution < -0.4 is 10.5 Å². The third-order valence-corrected chi connectivity index (χ3v) is 2.90. The minimum absolute atomic E-state index is 0.00984. The van der Waals surface area contributed by atoms with Gasteiger partial charge in [-0.15, -0.1) is 13.2 Å². The molecule has 1 aromatic rings. The summed E-state index contributed by atoms with van der Waals surface area (Å²) < 4.78 is 46.0. The fraction of sp³-hybridized carbons (Fsp3) is 0.400. The van der Waals surface area contributed by atoms with Crippen LogP contribution >= 0.6 is 22.6 Å². The molecule has 0 spiro atoms. The van der Waals surface area contributed by atoms with Gasteiger partial charge in [-0.05, 0) is 29.5 Å². The number of halogens is 4. The predicted octanol–water partition coefficient (Wildman–Crippen LogP) is 2.22. The van der Waals surface area contributed by atoms with Gasteiger partial charge >= 0.3 is 12.3 Å². The SMILES string of the molecule is CCOC(=O)c1ncc(I)c(CN)c1OC(F)(F)F. The van der Waals surface area contributed by atoms with E-state index in [2.05, 4.69) is 14.5 Å². The van der Waals surface area contributed by atoms with Gasteiger partial charge < -0.3 is 15.2 Å². The van der Waals surface area contributed by atoms with Gasteiger partial charge in [-0.2, -0.15) is 0 Å². The van der Waals surface area contributed by atoms with Crippen LogP contribution in [0.4, 0.5) is 13.2 Å². The average molecular weight is 390 g/mol. The normalized spacial score (nSPS) is 11.3. The second-order valence-corrected chi connectivity index (χ2v) is 4.40. The lowest BCUT2D eigenvalue weighted by atomic mass is 10.2. The van der Waals surface area contributed by atoms with Gasteiger partial charge in [0.15, 0.2) is 11.4 Å². The van der Waals surface area contributed by atoms with Crippen LogP contribution in [-0.4, -0.2) is 23.9 Å². The van der Waals surface area contributed by atoms with E-state index in [1.165, 1.54) is 13.1 Å². The highest BCUT2D eigenvalue weighted by Crippen LogP contribution is 2.32. The lowest BCUT2D eigenvalue weighted by Gasteiger charge is -2.16. The Bertz CT molecular complexity index is 480. The van der Waals surface area contributed by atoms with Crippen LogP contribution in [-0.2, 0) is 11.3 Å². The zero-order chi connectivity index (χ0) is 14.6. The minimum atomic E-state index is -4.95. The van der Waals surface area contributed by atoms with Gasteiger partial charge in [0, 0.05) is 21.9 Å². The smallest absolute Gasteiger partial charge is 0.461 e. The Hall–Kier alpha value is -1.10. The molecular weight excluding hydrogens is 380 g/mol. The van der Waals surface area contributed by atoms with Crippen LogP contribution in [0.5, 0.6) is 5.75 Å². The molecule has 2 N–H and O–H groups in total. The monoisotopic (exact) mass is 390 g/mol. The van der Waals surface area contributed by atoms with Crippen molar-refractivity contribution in [1.82, 2.24) is 4.98 Å². The van der Waals surface area contributed by atoms with E-state index in [4.69, 9.17) is 5.73 Å². The molecule has 0 radical (unpaired) electrons. The fourth-order valence-electron chi connectivity index (χ4n) is 1.27. The maximum Gasteiger partial charge on any atom is 0.573 e. The van der Waals surface area contributed by atoms with E-state index < -0.39 is 23.8 Å². The van der Waals surface area contributed by atoms with Crippen LogP contribution in [0.3, 0.4) is 0 Å². The van der Waals surface area contributed by atoms with E-state index in [0.717, 1.165) is 0 Å². The first-order valence-corrected chi connectivity index (χ1v) is 6.18. The molecule has 19 heavy (non-hydrogen) atoms. The Kier molecular flexibility index (Phi) is 5.35. The molecule has 0 bridgehead atoms. The molecule has 1 heterocycles. The summed E-state index contributed by atoms with van der Waals surface area (Å²) in [7, 11) is 0. The fourth-order valence-corrected chi connectivity index (χ4v) is 1.87. The van der Waals surface area contributed by atoms with Crippen molar-refractivity contribution in [3.05, 3.63) is 21.0 Å². The summed E-state index contributed by atoms with van der Waals surface area (Å²) in [4.78, 5) is 15.2. The number of alkyl halides is 3. The summed E-state index contributed by atoms with van der Waals surface area (Å²) in [5, 5.41) is 0. The number of carbonyl (C=O) groups excluding carboxylic acids is 1. The van der Waals surface area contributed by atoms with Gasteiger partial charge in [0.05, 0.1) is 6.61 Å². The number of hydrogen-bond donors (Lipinski definition) is 1. The highest BCUT2D eigenvalue weighted by Gasteiger charge is 2.35. The van der Waals surface area contributed by atoms with Crippen molar-refractivity contribution >= 4 is 28.6 Å². The maximum atomic E-state index is 12.4. The van der Waals surface area contributed by atoms with Gasteiger partial charge in [0.1, 0.15) is 0 Å². The van der Waals surface area contributed by atoms with Crippen LogP contribution in [0, 0.1) is 3.57 Å². The molecule has 0 fully saturated rings. The summed E-state index contributed by atoms with van der Waals surface area (Å²) in [6.07, 6.45) is -3.71. The summed E-state index contributed by atoms with van der Waals surface area (Å²) in [5.74, 6) is -1.70. The van der Waals surface area contributed by atoms with E-state index in [9.17, 15) is 18.0 Å². The number of aromatic nitrogens is 1. The third-order valence-electron chi connectivity index (χ3n) is 1.98. The first kappa shape index (κ1) is 16.0. The van der Waals surface area contributed by atoms with E-state index in [0.29, 0.717) is 3.57 Å². The van der Waals surface area contributed by atoms with Gasteiger partial charge in [0.2, 0.25) is 0 Å². The Balaban J connectivity index is 3.34. The summed E-state index contributed by atoms with van der Waals surface area (Å²) in [6, 6.07) is 0. The Labute approximate surface area is 120 Å². The highest BCUT2D eigenvalue weighted by atomic mass is 127. The van der Waals surface area contributed by atoms with E-state index in [1.807, 2.05) is 0 Å². The summed E-state index contributed by atoms with van der Waals surface area (Å²) in [5.41, 5.74) is 4.89. The molecule has 0 aliphatic heterocycles. The molecule has 0 saturated carbocycles. The predicted molar refractivity (Wildman–Crippen MR) is 67.5 cm³/mol. The van der Waals surface area contributed by atoms with Crippen molar-refractivity contribution in [2.75, 3.05) is 6.61 Å². The van der Waals surface area contributed by atoms with Gasteiger partial charge in [0.25, 0.3) is 0 Å². The molecule has 0 unspecified atom stereocenters. The number of nitrogens with zero attached hydrogens (tertiary/aromatic N) is 1. The molecule has 0 aliphatic carbocycles. The number of nitrogens with two attached hydrogens (primary N) is 1. The molecule has 0 atom stereocenters. The van der Waals surface area contributed by atoms with Crippen molar-refractivity contribution in [3.63, 3.8) is 0 Å². The zero-order valence-electron chi connectivity index (χ0n) is 9.75. The quantitative estimate of drug-likeness (QED) is 0.631. The first-order valence-electron chi connectivity index (χ1n) is 5.10. The number of ether oxygens (including phenoxy) is 2. The molecule has 0 aliphatic rings. The molecule has 5 nitrogen and oxygen atoms in total. The van der Waals surface area contributed by atoms with E-state index in [-0.39, 0.29) is 18.7 Å². The molecule has 9 heteroatoms. The second-order valence-electron chi connectivity index (χ2n) is 3.23. The molecule has 0 amide bonds. The van der Waals surface area contributed by atoms with Gasteiger partial charge in [-0.3, -0.25) is 0 Å². The summed E-state index contributed by atoms with van der Waals surface area (Å²) in [6.45, 7) is 1.31. The number of hydrogen-bond acceptors (Lipinski definition) is 5. The molecular formula is C10H10F3IN2O3. The number of carbonyl (C=O) groups is 1. The lowest BCUT2D eigenvalue weighted by Crippen LogP contribution is -2.22. The number of pyridine rings is 1. The average Bonchev–Trinajstić information content (AvgIpc) is 2.27. The molecule has 0 saturated heterocycles. The highest BCUT2D eigenvalue weighted by molar-refractivity contribution is 14.1. The van der Waals surface area contributed by atoms with Crippen molar-refractivity contribution in [3.8, 4) is 5.75 Å². The van der Waals surface area contributed by atoms with Crippen LogP contribution in [0.15, 0.2) is 6.20 Å². The van der Waals surface area contributed by atoms with Crippen LogP contribution in [0.2, 0.25) is 0 Å². The van der Waals surface area contributed by atoms with E-state index in [1.54, 1.807) is 22.6 Å². The number of esters is 1. The molecule has 1 rings (SSSR count). The molecule has 0 aromatic carbocycles. The first-order chi connectivity index (χ1) is 8.80. The Morgan fingerprint density at radius 1 is 1.53 bits per heavy atom.